The molecule has 0 heterocycles. The third kappa shape index (κ3) is 9.79. The fourth-order valence-electron chi connectivity index (χ4n) is 1.01. The molecule has 0 fully saturated rings. The minimum Gasteiger partial charge on any atom is -0.481 e. The molecular formula is C10H12NO2Y3-. The maximum atomic E-state index is 10.3. The number of rotatable bonds is 4. The molecule has 79 valence electrons. The van der Waals surface area contributed by atoms with Gasteiger partial charge in [-0.2, -0.15) is 24.3 Å². The number of nitrogens with zero attached hydrogens (tertiary/aromatic N) is 1. The second-order valence-corrected chi connectivity index (χ2v) is 2.81. The zero-order valence-electron chi connectivity index (χ0n) is 9.26. The Kier molecular flexibility index (Phi) is 19.0. The van der Waals surface area contributed by atoms with Crippen molar-refractivity contribution in [3.8, 4) is 0 Å². The molecule has 1 aromatic rings. The van der Waals surface area contributed by atoms with Crippen LogP contribution in [-0.2, 0) is 103 Å². The first-order valence-electron chi connectivity index (χ1n) is 4.10. The molecule has 0 spiro atoms. The molecule has 0 bridgehead atoms. The topological polar surface area (TPSA) is 40.5 Å². The summed E-state index contributed by atoms with van der Waals surface area (Å²) in [5.74, 6) is -0.775. The van der Waals surface area contributed by atoms with Gasteiger partial charge in [0.1, 0.15) is 0 Å². The average Bonchev–Trinajstić information content (AvgIpc) is 2.15. The largest absolute Gasteiger partial charge is 0.481 e. The third-order valence-corrected chi connectivity index (χ3v) is 1.76. The van der Waals surface area contributed by atoms with E-state index in [1.807, 2.05) is 36.2 Å². The summed E-state index contributed by atoms with van der Waals surface area (Å²) in [6.45, 7) is 0.510. The predicted octanol–water partition coefficient (Wildman–Crippen LogP) is 1.39. The predicted molar refractivity (Wildman–Crippen MR) is 50.8 cm³/mol. The van der Waals surface area contributed by atoms with Gasteiger partial charge in [0.15, 0.2) is 0 Å². The monoisotopic (exact) mass is 445 g/mol. The van der Waals surface area contributed by atoms with E-state index in [1.165, 1.54) is 0 Å². The van der Waals surface area contributed by atoms with Gasteiger partial charge in [0, 0.05) is 112 Å². The zero-order valence-corrected chi connectivity index (χ0v) is 17.8. The minimum atomic E-state index is -0.775. The quantitative estimate of drug-likeness (QED) is 0.714. The Hall–Kier alpha value is 1.80. The van der Waals surface area contributed by atoms with Gasteiger partial charge in [-0.15, -0.1) is 6.07 Å². The van der Waals surface area contributed by atoms with Gasteiger partial charge in [0.05, 0.1) is 6.42 Å². The number of benzene rings is 1. The van der Waals surface area contributed by atoms with Crippen LogP contribution >= 0.6 is 0 Å². The maximum Gasteiger partial charge on any atom is 0.305 e. The van der Waals surface area contributed by atoms with E-state index < -0.39 is 5.97 Å². The Morgan fingerprint density at radius 2 is 2.00 bits per heavy atom. The average molecular weight is 445 g/mol. The number of carbonyl (C=O) groups is 1. The van der Waals surface area contributed by atoms with Gasteiger partial charge >= 0.3 is 5.97 Å². The van der Waals surface area contributed by atoms with Crippen LogP contribution in [0.2, 0.25) is 0 Å². The molecule has 6 heteroatoms. The van der Waals surface area contributed by atoms with Gasteiger partial charge in [-0.3, -0.25) is 4.79 Å². The molecule has 0 saturated heterocycles. The van der Waals surface area contributed by atoms with E-state index in [0.717, 1.165) is 5.69 Å². The van der Waals surface area contributed by atoms with E-state index in [1.54, 1.807) is 0 Å². The SMILES string of the molecule is CN(CCC(=O)O)c1[c-]cccc1.[Y].[Y].[Y]. The van der Waals surface area contributed by atoms with Gasteiger partial charge in [0.2, 0.25) is 0 Å². The number of aliphatic carboxylic acids is 1. The van der Waals surface area contributed by atoms with E-state index in [0.29, 0.717) is 6.54 Å². The molecule has 0 atom stereocenters. The van der Waals surface area contributed by atoms with Crippen LogP contribution in [0.1, 0.15) is 6.42 Å². The molecule has 0 aliphatic heterocycles. The molecule has 0 saturated carbocycles. The Balaban J connectivity index is -0.000000563. The molecule has 0 aliphatic rings. The van der Waals surface area contributed by atoms with Crippen molar-refractivity contribution >= 4 is 11.7 Å². The van der Waals surface area contributed by atoms with E-state index in [4.69, 9.17) is 5.11 Å². The summed E-state index contributed by atoms with van der Waals surface area (Å²) in [4.78, 5) is 12.2. The van der Waals surface area contributed by atoms with E-state index >= 15 is 0 Å². The van der Waals surface area contributed by atoms with Gasteiger partial charge in [0.25, 0.3) is 0 Å². The molecule has 0 aliphatic carbocycles. The number of carboxylic acids is 1. The summed E-state index contributed by atoms with van der Waals surface area (Å²) in [7, 11) is 1.86. The molecule has 0 amide bonds. The summed E-state index contributed by atoms with van der Waals surface area (Å²) < 4.78 is 0. The molecule has 1 N–H and O–H groups in total. The first-order chi connectivity index (χ1) is 6.20. The number of hydrogen-bond donors (Lipinski definition) is 1. The van der Waals surface area contributed by atoms with Crippen molar-refractivity contribution in [3.63, 3.8) is 0 Å². The summed E-state index contributed by atoms with van der Waals surface area (Å²) in [6, 6.07) is 10.5. The van der Waals surface area contributed by atoms with Crippen LogP contribution in [0, 0.1) is 6.07 Å². The Bertz CT molecular complexity index is 283. The van der Waals surface area contributed by atoms with Crippen LogP contribution in [0.25, 0.3) is 0 Å². The van der Waals surface area contributed by atoms with E-state index in [2.05, 4.69) is 6.07 Å². The third-order valence-electron chi connectivity index (χ3n) is 1.76. The van der Waals surface area contributed by atoms with Gasteiger partial charge < -0.3 is 10.0 Å². The second-order valence-electron chi connectivity index (χ2n) is 2.81. The van der Waals surface area contributed by atoms with Crippen LogP contribution in [-0.4, -0.2) is 24.7 Å². The molecule has 0 aromatic heterocycles. The van der Waals surface area contributed by atoms with Crippen molar-refractivity contribution in [3.05, 3.63) is 30.3 Å². The van der Waals surface area contributed by atoms with Crippen molar-refractivity contribution < 1.29 is 108 Å². The molecule has 3 nitrogen and oxygen atoms in total. The zero-order chi connectivity index (χ0) is 9.68. The smallest absolute Gasteiger partial charge is 0.305 e. The van der Waals surface area contributed by atoms with Crippen LogP contribution in [0.3, 0.4) is 0 Å². The fraction of sp³-hybridized carbons (Fsp3) is 0.300. The number of carboxylic acid groups (broad SMARTS) is 1. The van der Waals surface area contributed by atoms with Crippen LogP contribution in [0.15, 0.2) is 24.3 Å². The normalized spacial score (nSPS) is 7.81. The number of para-hydroxylation sites is 1. The fourth-order valence-corrected chi connectivity index (χ4v) is 1.01. The Labute approximate surface area is 172 Å². The van der Waals surface area contributed by atoms with Gasteiger partial charge in [-0.05, 0) is 0 Å². The number of hydrogen-bond acceptors (Lipinski definition) is 2. The van der Waals surface area contributed by atoms with Crippen molar-refractivity contribution in [1.29, 1.82) is 0 Å². The van der Waals surface area contributed by atoms with Crippen LogP contribution in [0.4, 0.5) is 5.69 Å². The molecular weight excluding hydrogens is 433 g/mol. The van der Waals surface area contributed by atoms with Crippen LogP contribution < -0.4 is 4.90 Å². The van der Waals surface area contributed by atoms with Crippen molar-refractivity contribution in [2.45, 2.75) is 6.42 Å². The number of anilines is 1. The molecule has 16 heavy (non-hydrogen) atoms. The van der Waals surface area contributed by atoms with E-state index in [-0.39, 0.29) is 105 Å². The standard InChI is InChI=1S/C10H12NO2.3Y/c1-11(8-7-10(12)13)9-5-3-2-4-6-9;;;/h2-5H,7-8H2,1H3,(H,12,13);;;/q-1;;;. The Morgan fingerprint density at radius 3 is 2.44 bits per heavy atom. The molecule has 3 radical (unpaired) electrons. The molecule has 1 aromatic carbocycles. The van der Waals surface area contributed by atoms with Gasteiger partial charge in [-0.1, -0.05) is 5.69 Å². The summed E-state index contributed by atoms with van der Waals surface area (Å²) in [6.07, 6.45) is 0.152. The van der Waals surface area contributed by atoms with Crippen LogP contribution in [0.5, 0.6) is 0 Å². The van der Waals surface area contributed by atoms with Crippen molar-refractivity contribution in [2.24, 2.45) is 0 Å². The van der Waals surface area contributed by atoms with E-state index in [9.17, 15) is 4.79 Å². The minimum absolute atomic E-state index is 0. The molecule has 0 unspecified atom stereocenters. The van der Waals surface area contributed by atoms with Crippen molar-refractivity contribution in [1.82, 2.24) is 0 Å². The van der Waals surface area contributed by atoms with Gasteiger partial charge in [-0.25, -0.2) is 0 Å². The summed E-state index contributed by atoms with van der Waals surface area (Å²) in [5, 5.41) is 8.47. The Morgan fingerprint density at radius 1 is 1.38 bits per heavy atom. The molecule has 1 rings (SSSR count). The van der Waals surface area contributed by atoms with Crippen molar-refractivity contribution in [2.75, 3.05) is 18.5 Å². The first kappa shape index (κ1) is 22.9. The first-order valence-corrected chi connectivity index (χ1v) is 4.10. The summed E-state index contributed by atoms with van der Waals surface area (Å²) in [5.41, 5.74) is 0.920. The summed E-state index contributed by atoms with van der Waals surface area (Å²) >= 11 is 0. The maximum absolute atomic E-state index is 10.3. The second kappa shape index (κ2) is 13.2.